The minimum Gasteiger partial charge on any atom is -0.480 e. The number of hydrogen-bond acceptors (Lipinski definition) is 4. The monoisotopic (exact) mass is 309 g/mol. The summed E-state index contributed by atoms with van der Waals surface area (Å²) in [5, 5.41) is 15.4. The van der Waals surface area contributed by atoms with E-state index in [0.29, 0.717) is 0 Å². The Hall–Kier alpha value is -1.87. The highest BCUT2D eigenvalue weighted by atomic mass is 35.5. The molecule has 20 heavy (non-hydrogen) atoms. The summed E-state index contributed by atoms with van der Waals surface area (Å²) in [5.74, 6) is -1.18. The zero-order valence-electron chi connectivity index (χ0n) is 9.69. The minimum atomic E-state index is -4.57. The first-order valence-corrected chi connectivity index (χ1v) is 5.56. The third-order valence-electron chi connectivity index (χ3n) is 2.31. The average Bonchev–Trinajstić information content (AvgIpc) is 2.71. The van der Waals surface area contributed by atoms with E-state index in [1.165, 1.54) is 0 Å². The fourth-order valence-corrected chi connectivity index (χ4v) is 1.73. The number of carboxylic acid groups (broad SMARTS) is 1. The first-order chi connectivity index (χ1) is 9.29. The van der Waals surface area contributed by atoms with Gasteiger partial charge in [0.2, 0.25) is 0 Å². The Morgan fingerprint density at radius 3 is 2.75 bits per heavy atom. The van der Waals surface area contributed by atoms with Crippen LogP contribution in [0.25, 0.3) is 5.65 Å². The quantitative estimate of drug-likeness (QED) is 0.935. The van der Waals surface area contributed by atoms with Crippen molar-refractivity contribution >= 4 is 23.2 Å². The van der Waals surface area contributed by atoms with Crippen LogP contribution in [-0.2, 0) is 22.3 Å². The molecule has 0 saturated carbocycles. The fraction of sp³-hybridized carbons (Fsp3) is 0.300. The Labute approximate surface area is 114 Å². The molecule has 0 amide bonds. The molecule has 0 radical (unpaired) electrons. The van der Waals surface area contributed by atoms with Gasteiger partial charge in [-0.3, -0.25) is 4.40 Å². The van der Waals surface area contributed by atoms with Crippen LogP contribution in [0.5, 0.6) is 0 Å². The normalized spacial score (nSPS) is 12.0. The molecule has 0 saturated heterocycles. The van der Waals surface area contributed by atoms with Crippen LogP contribution in [0.1, 0.15) is 11.4 Å². The summed E-state index contributed by atoms with van der Waals surface area (Å²) in [5.41, 5.74) is -0.928. The molecule has 0 aliphatic rings. The van der Waals surface area contributed by atoms with E-state index in [0.717, 1.165) is 16.7 Å². The molecule has 0 aliphatic carbocycles. The molecule has 1 N–H and O–H groups in total. The van der Waals surface area contributed by atoms with Crippen molar-refractivity contribution in [1.82, 2.24) is 14.6 Å². The van der Waals surface area contributed by atoms with Gasteiger partial charge in [0.1, 0.15) is 13.2 Å². The number of carboxylic acids is 1. The lowest BCUT2D eigenvalue weighted by Crippen LogP contribution is -2.10. The van der Waals surface area contributed by atoms with Crippen molar-refractivity contribution in [3.63, 3.8) is 0 Å². The Balaban J connectivity index is 2.37. The molecule has 0 unspecified atom stereocenters. The summed E-state index contributed by atoms with van der Waals surface area (Å²) in [7, 11) is 0. The molecule has 2 aromatic heterocycles. The van der Waals surface area contributed by atoms with Crippen molar-refractivity contribution in [2.45, 2.75) is 12.8 Å². The van der Waals surface area contributed by atoms with Gasteiger partial charge >= 0.3 is 12.1 Å². The summed E-state index contributed by atoms with van der Waals surface area (Å²) < 4.78 is 43.8. The topological polar surface area (TPSA) is 76.7 Å². The first kappa shape index (κ1) is 14.5. The van der Waals surface area contributed by atoms with Gasteiger partial charge in [0, 0.05) is 6.20 Å². The number of aliphatic carboxylic acids is 1. The third kappa shape index (κ3) is 2.99. The van der Waals surface area contributed by atoms with Crippen LogP contribution in [0.4, 0.5) is 13.2 Å². The second-order valence-corrected chi connectivity index (χ2v) is 4.18. The van der Waals surface area contributed by atoms with Crippen molar-refractivity contribution in [2.75, 3.05) is 6.61 Å². The molecule has 2 heterocycles. The number of ether oxygens (including phenoxy) is 1. The number of hydrogen-bond donors (Lipinski definition) is 1. The van der Waals surface area contributed by atoms with E-state index in [-0.39, 0.29) is 23.1 Å². The molecule has 10 heteroatoms. The highest BCUT2D eigenvalue weighted by Gasteiger charge is 2.32. The molecule has 2 aromatic rings. The van der Waals surface area contributed by atoms with Crippen LogP contribution >= 0.6 is 11.6 Å². The number of aromatic nitrogens is 3. The standard InChI is InChI=1S/C10H7ClF3N3O3/c11-6-1-5(10(12,13)14)2-17-7(15-16-9(6)17)3-20-4-8(18)19/h1-2H,3-4H2,(H,18,19). The highest BCUT2D eigenvalue weighted by Crippen LogP contribution is 2.32. The summed E-state index contributed by atoms with van der Waals surface area (Å²) in [6.45, 7) is -0.896. The van der Waals surface area contributed by atoms with Crippen molar-refractivity contribution in [2.24, 2.45) is 0 Å². The van der Waals surface area contributed by atoms with Gasteiger partial charge in [0.05, 0.1) is 10.6 Å². The molecular weight excluding hydrogens is 303 g/mol. The Kier molecular flexibility index (Phi) is 3.82. The number of carbonyl (C=O) groups is 1. The van der Waals surface area contributed by atoms with E-state index < -0.39 is 24.3 Å². The lowest BCUT2D eigenvalue weighted by atomic mass is 10.3. The van der Waals surface area contributed by atoms with Crippen molar-refractivity contribution in [3.05, 3.63) is 28.7 Å². The van der Waals surface area contributed by atoms with E-state index in [1.807, 2.05) is 0 Å². The predicted molar refractivity (Wildman–Crippen MR) is 60.3 cm³/mol. The number of alkyl halides is 3. The third-order valence-corrected chi connectivity index (χ3v) is 2.59. The largest absolute Gasteiger partial charge is 0.480 e. The first-order valence-electron chi connectivity index (χ1n) is 5.19. The van der Waals surface area contributed by atoms with E-state index in [2.05, 4.69) is 10.2 Å². The zero-order chi connectivity index (χ0) is 14.9. The lowest BCUT2D eigenvalue weighted by molar-refractivity contribution is -0.142. The molecule has 6 nitrogen and oxygen atoms in total. The van der Waals surface area contributed by atoms with Crippen LogP contribution < -0.4 is 0 Å². The average molecular weight is 310 g/mol. The van der Waals surface area contributed by atoms with E-state index in [9.17, 15) is 18.0 Å². The zero-order valence-corrected chi connectivity index (χ0v) is 10.4. The molecule has 108 valence electrons. The van der Waals surface area contributed by atoms with Crippen LogP contribution in [0.2, 0.25) is 5.02 Å². The maximum Gasteiger partial charge on any atom is 0.417 e. The summed E-state index contributed by atoms with van der Waals surface area (Å²) in [4.78, 5) is 10.3. The maximum absolute atomic E-state index is 12.7. The van der Waals surface area contributed by atoms with Gasteiger partial charge in [0.25, 0.3) is 0 Å². The second kappa shape index (κ2) is 5.25. The SMILES string of the molecule is O=C(O)COCc1nnc2c(Cl)cc(C(F)(F)F)cn12. The number of nitrogens with zero attached hydrogens (tertiary/aromatic N) is 3. The van der Waals surface area contributed by atoms with E-state index in [4.69, 9.17) is 21.4 Å². The molecule has 0 aromatic carbocycles. The number of pyridine rings is 1. The van der Waals surface area contributed by atoms with Gasteiger partial charge in [0.15, 0.2) is 11.5 Å². The van der Waals surface area contributed by atoms with Gasteiger partial charge in [-0.1, -0.05) is 11.6 Å². The lowest BCUT2D eigenvalue weighted by Gasteiger charge is -2.08. The fourth-order valence-electron chi connectivity index (χ4n) is 1.48. The summed E-state index contributed by atoms with van der Waals surface area (Å²) in [6.07, 6.45) is -3.79. The van der Waals surface area contributed by atoms with Gasteiger partial charge in [-0.05, 0) is 6.07 Å². The van der Waals surface area contributed by atoms with Crippen molar-refractivity contribution < 1.29 is 27.8 Å². The Morgan fingerprint density at radius 1 is 1.45 bits per heavy atom. The molecule has 0 spiro atoms. The highest BCUT2D eigenvalue weighted by molar-refractivity contribution is 6.33. The molecule has 0 bridgehead atoms. The summed E-state index contributed by atoms with van der Waals surface area (Å²) >= 11 is 5.71. The Bertz CT molecular complexity index is 656. The van der Waals surface area contributed by atoms with E-state index in [1.54, 1.807) is 0 Å². The number of halogens is 4. The van der Waals surface area contributed by atoms with Crippen LogP contribution in [0.3, 0.4) is 0 Å². The molecule has 0 aliphatic heterocycles. The maximum atomic E-state index is 12.7. The molecule has 0 fully saturated rings. The van der Waals surface area contributed by atoms with Crippen LogP contribution in [0.15, 0.2) is 12.3 Å². The molecule has 2 rings (SSSR count). The summed E-state index contributed by atoms with van der Waals surface area (Å²) in [6, 6.07) is 0.744. The van der Waals surface area contributed by atoms with Crippen LogP contribution in [0, 0.1) is 0 Å². The van der Waals surface area contributed by atoms with Crippen molar-refractivity contribution in [1.29, 1.82) is 0 Å². The van der Waals surface area contributed by atoms with Gasteiger partial charge in [-0.25, -0.2) is 4.79 Å². The minimum absolute atomic E-state index is 0.0225. The second-order valence-electron chi connectivity index (χ2n) is 3.77. The Morgan fingerprint density at radius 2 is 2.15 bits per heavy atom. The van der Waals surface area contributed by atoms with Gasteiger partial charge < -0.3 is 9.84 Å². The predicted octanol–water partition coefficient (Wildman–Crippen LogP) is 2.00. The van der Waals surface area contributed by atoms with Gasteiger partial charge in [-0.15, -0.1) is 10.2 Å². The van der Waals surface area contributed by atoms with E-state index >= 15 is 0 Å². The van der Waals surface area contributed by atoms with Crippen LogP contribution in [-0.4, -0.2) is 32.3 Å². The number of fused-ring (bicyclic) bond motifs is 1. The molecule has 0 atom stereocenters. The molecular formula is C10H7ClF3N3O3. The number of rotatable bonds is 4. The smallest absolute Gasteiger partial charge is 0.417 e. The van der Waals surface area contributed by atoms with Gasteiger partial charge in [-0.2, -0.15) is 13.2 Å². The van der Waals surface area contributed by atoms with Crippen molar-refractivity contribution in [3.8, 4) is 0 Å².